The van der Waals surface area contributed by atoms with Crippen LogP contribution in [0.1, 0.15) is 32.6 Å². The summed E-state index contributed by atoms with van der Waals surface area (Å²) in [5.41, 5.74) is 0.248. The molecule has 3 nitrogen and oxygen atoms in total. The highest BCUT2D eigenvalue weighted by Crippen LogP contribution is 2.49. The van der Waals surface area contributed by atoms with Gasteiger partial charge in [-0.25, -0.2) is 0 Å². The molecule has 0 spiro atoms. The highest BCUT2D eigenvalue weighted by Gasteiger charge is 2.42. The topological polar surface area (TPSA) is 32.3 Å². The number of thiol groups is 1. The van der Waals surface area contributed by atoms with Crippen molar-refractivity contribution in [1.82, 2.24) is 10.2 Å². The van der Waals surface area contributed by atoms with Crippen molar-refractivity contribution in [2.24, 2.45) is 11.3 Å². The molecule has 1 heterocycles. The lowest BCUT2D eigenvalue weighted by atomic mass is 10.0. The second-order valence-corrected chi connectivity index (χ2v) is 6.00. The van der Waals surface area contributed by atoms with Gasteiger partial charge >= 0.3 is 0 Å². The van der Waals surface area contributed by atoms with Gasteiger partial charge in [0.25, 0.3) is 0 Å². The van der Waals surface area contributed by atoms with Gasteiger partial charge in [-0.3, -0.25) is 4.79 Å². The molecule has 0 bridgehead atoms. The van der Waals surface area contributed by atoms with E-state index in [2.05, 4.69) is 29.8 Å². The van der Waals surface area contributed by atoms with E-state index >= 15 is 0 Å². The smallest absolute Gasteiger partial charge is 0.220 e. The number of rotatable bonds is 6. The fraction of sp³-hybridized carbons (Fsp3) is 0.923. The molecular weight excluding hydrogens is 232 g/mol. The molecule has 0 aromatic heterocycles. The van der Waals surface area contributed by atoms with Gasteiger partial charge in [-0.1, -0.05) is 6.92 Å². The van der Waals surface area contributed by atoms with Gasteiger partial charge in [0.05, 0.1) is 0 Å². The van der Waals surface area contributed by atoms with E-state index in [0.29, 0.717) is 12.3 Å². The lowest BCUT2D eigenvalue weighted by molar-refractivity contribution is -0.122. The first-order valence-corrected chi connectivity index (χ1v) is 7.40. The van der Waals surface area contributed by atoms with Crippen LogP contribution in [0.2, 0.25) is 0 Å². The lowest BCUT2D eigenvalue weighted by Crippen LogP contribution is -2.32. The lowest BCUT2D eigenvalue weighted by Gasteiger charge is -2.15. The molecule has 2 fully saturated rings. The SMILES string of the molecule is CCN1CCC(CNC(=O)CC2(CS)CC2)C1. The van der Waals surface area contributed by atoms with Crippen LogP contribution in [-0.4, -0.2) is 42.7 Å². The zero-order chi connectivity index (χ0) is 12.3. The first kappa shape index (κ1) is 13.2. The molecule has 17 heavy (non-hydrogen) atoms. The van der Waals surface area contributed by atoms with E-state index in [1.54, 1.807) is 0 Å². The number of amides is 1. The summed E-state index contributed by atoms with van der Waals surface area (Å²) in [6, 6.07) is 0. The monoisotopic (exact) mass is 256 g/mol. The van der Waals surface area contributed by atoms with Crippen LogP contribution in [0, 0.1) is 11.3 Å². The molecule has 1 saturated carbocycles. The van der Waals surface area contributed by atoms with Gasteiger partial charge in [-0.2, -0.15) is 12.6 Å². The number of hydrogen-bond donors (Lipinski definition) is 2. The average molecular weight is 256 g/mol. The summed E-state index contributed by atoms with van der Waals surface area (Å²) in [6.45, 7) is 6.53. The highest BCUT2D eigenvalue weighted by atomic mass is 32.1. The van der Waals surface area contributed by atoms with E-state index in [1.165, 1.54) is 25.8 Å². The van der Waals surface area contributed by atoms with Crippen molar-refractivity contribution >= 4 is 18.5 Å². The minimum absolute atomic E-state index is 0.228. The maximum atomic E-state index is 11.8. The van der Waals surface area contributed by atoms with Gasteiger partial charge in [-0.15, -0.1) is 0 Å². The Hall–Kier alpha value is -0.220. The molecule has 98 valence electrons. The second-order valence-electron chi connectivity index (χ2n) is 5.69. The fourth-order valence-electron chi connectivity index (χ4n) is 2.60. The average Bonchev–Trinajstić information content (AvgIpc) is 2.95. The normalized spacial score (nSPS) is 27.1. The zero-order valence-corrected chi connectivity index (χ0v) is 11.6. The van der Waals surface area contributed by atoms with Crippen molar-refractivity contribution in [2.45, 2.75) is 32.6 Å². The zero-order valence-electron chi connectivity index (χ0n) is 10.7. The van der Waals surface area contributed by atoms with E-state index in [4.69, 9.17) is 0 Å². The van der Waals surface area contributed by atoms with Crippen LogP contribution in [0.5, 0.6) is 0 Å². The molecule has 2 rings (SSSR count). The maximum absolute atomic E-state index is 11.8. The van der Waals surface area contributed by atoms with E-state index in [1.807, 2.05) is 0 Å². The summed E-state index contributed by atoms with van der Waals surface area (Å²) in [5.74, 6) is 1.74. The Balaban J connectivity index is 1.63. The van der Waals surface area contributed by atoms with Gasteiger partial charge < -0.3 is 10.2 Å². The van der Waals surface area contributed by atoms with Crippen LogP contribution in [0.4, 0.5) is 0 Å². The number of carbonyl (C=O) groups is 1. The Bertz CT molecular complexity index is 279. The number of carbonyl (C=O) groups excluding carboxylic acids is 1. The van der Waals surface area contributed by atoms with Crippen molar-refractivity contribution in [3.05, 3.63) is 0 Å². The van der Waals surface area contributed by atoms with Crippen molar-refractivity contribution in [1.29, 1.82) is 0 Å². The van der Waals surface area contributed by atoms with Crippen LogP contribution in [0.3, 0.4) is 0 Å². The number of nitrogens with zero attached hydrogens (tertiary/aromatic N) is 1. The second kappa shape index (κ2) is 5.61. The molecule has 0 aromatic carbocycles. The van der Waals surface area contributed by atoms with Crippen LogP contribution < -0.4 is 5.32 Å². The minimum atomic E-state index is 0.228. The highest BCUT2D eigenvalue weighted by molar-refractivity contribution is 7.80. The van der Waals surface area contributed by atoms with Gasteiger partial charge in [0, 0.05) is 19.5 Å². The standard InChI is InChI=1S/C13H24N2OS/c1-2-15-6-3-11(9-15)8-14-12(16)7-13(10-17)4-5-13/h11,17H,2-10H2,1H3,(H,14,16). The van der Waals surface area contributed by atoms with Crippen LogP contribution >= 0.6 is 12.6 Å². The summed E-state index contributed by atoms with van der Waals surface area (Å²) in [7, 11) is 0. The van der Waals surface area contributed by atoms with Crippen molar-refractivity contribution in [3.8, 4) is 0 Å². The molecule has 0 aromatic rings. The number of likely N-dealkylation sites (tertiary alicyclic amines) is 1. The third kappa shape index (κ3) is 3.62. The van der Waals surface area contributed by atoms with Gasteiger partial charge in [0.1, 0.15) is 0 Å². The van der Waals surface area contributed by atoms with E-state index in [-0.39, 0.29) is 11.3 Å². The Kier molecular flexibility index (Phi) is 4.36. The molecule has 1 aliphatic carbocycles. The van der Waals surface area contributed by atoms with Gasteiger partial charge in [-0.05, 0) is 49.4 Å². The number of nitrogens with one attached hydrogen (secondary N) is 1. The summed E-state index contributed by atoms with van der Waals surface area (Å²) >= 11 is 4.33. The largest absolute Gasteiger partial charge is 0.356 e. The third-order valence-corrected chi connectivity index (χ3v) is 4.90. The molecule has 0 radical (unpaired) electrons. The summed E-state index contributed by atoms with van der Waals surface area (Å²) < 4.78 is 0. The predicted octanol–water partition coefficient (Wildman–Crippen LogP) is 1.54. The Labute approximate surface area is 110 Å². The van der Waals surface area contributed by atoms with Gasteiger partial charge in [0.15, 0.2) is 0 Å². The quantitative estimate of drug-likeness (QED) is 0.707. The summed E-state index contributed by atoms with van der Waals surface area (Å²) in [6.07, 6.45) is 4.26. The first-order valence-electron chi connectivity index (χ1n) is 6.77. The van der Waals surface area contributed by atoms with Gasteiger partial charge in [0.2, 0.25) is 5.91 Å². The fourth-order valence-corrected chi connectivity index (χ4v) is 3.02. The predicted molar refractivity (Wildman–Crippen MR) is 73.4 cm³/mol. The molecule has 1 saturated heterocycles. The molecule has 4 heteroatoms. The van der Waals surface area contributed by atoms with Crippen molar-refractivity contribution in [2.75, 3.05) is 31.9 Å². The van der Waals surface area contributed by atoms with Crippen LogP contribution in [-0.2, 0) is 4.79 Å². The van der Waals surface area contributed by atoms with E-state index in [9.17, 15) is 4.79 Å². The molecule has 1 N–H and O–H groups in total. The Morgan fingerprint density at radius 2 is 2.29 bits per heavy atom. The minimum Gasteiger partial charge on any atom is -0.356 e. The molecule has 1 aliphatic heterocycles. The molecule has 1 atom stereocenters. The van der Waals surface area contributed by atoms with Crippen LogP contribution in [0.15, 0.2) is 0 Å². The Morgan fingerprint density at radius 1 is 1.53 bits per heavy atom. The number of hydrogen-bond acceptors (Lipinski definition) is 3. The maximum Gasteiger partial charge on any atom is 0.220 e. The summed E-state index contributed by atoms with van der Waals surface area (Å²) in [4.78, 5) is 14.3. The molecule has 1 amide bonds. The third-order valence-electron chi connectivity index (χ3n) is 4.23. The van der Waals surface area contributed by atoms with E-state index < -0.39 is 0 Å². The summed E-state index contributed by atoms with van der Waals surface area (Å²) in [5, 5.41) is 3.10. The van der Waals surface area contributed by atoms with Crippen molar-refractivity contribution in [3.63, 3.8) is 0 Å². The molecular formula is C13H24N2OS. The van der Waals surface area contributed by atoms with Crippen LogP contribution in [0.25, 0.3) is 0 Å². The van der Waals surface area contributed by atoms with E-state index in [0.717, 1.165) is 25.4 Å². The first-order chi connectivity index (χ1) is 8.17. The van der Waals surface area contributed by atoms with Crippen molar-refractivity contribution < 1.29 is 4.79 Å². The Morgan fingerprint density at radius 3 is 2.82 bits per heavy atom. The molecule has 2 aliphatic rings. The molecule has 1 unspecified atom stereocenters.